The average molecular weight is 325 g/mol. The number of nitrogens with zero attached hydrogens (tertiary/aromatic N) is 1. The predicted molar refractivity (Wildman–Crippen MR) is 71.7 cm³/mol. The minimum absolute atomic E-state index is 0.0204. The third-order valence-corrected chi connectivity index (χ3v) is 2.95. The van der Waals surface area contributed by atoms with Crippen molar-refractivity contribution in [1.82, 2.24) is 9.55 Å². The molecule has 1 aromatic heterocycles. The number of rotatable bonds is 3. The van der Waals surface area contributed by atoms with E-state index in [4.69, 9.17) is 5.11 Å². The number of aromatic amines is 1. The molecule has 0 aliphatic heterocycles. The molecule has 19 heavy (non-hydrogen) atoms. The minimum atomic E-state index is -1.13. The number of aromatic nitrogens is 2. The van der Waals surface area contributed by atoms with E-state index >= 15 is 0 Å². The minimum Gasteiger partial charge on any atom is -0.481 e. The lowest BCUT2D eigenvalue weighted by Gasteiger charge is -2.06. The molecule has 1 heterocycles. The summed E-state index contributed by atoms with van der Waals surface area (Å²) in [7, 11) is 0. The van der Waals surface area contributed by atoms with E-state index in [9.17, 15) is 14.4 Å². The molecular formula is C12H9BrN2O4. The van der Waals surface area contributed by atoms with Gasteiger partial charge in [-0.1, -0.05) is 22.0 Å². The summed E-state index contributed by atoms with van der Waals surface area (Å²) in [4.78, 5) is 36.9. The number of benzene rings is 1. The molecule has 0 saturated carbocycles. The highest BCUT2D eigenvalue weighted by Crippen LogP contribution is 2.12. The largest absolute Gasteiger partial charge is 0.481 e. The number of hydrogen-bond donors (Lipinski definition) is 2. The summed E-state index contributed by atoms with van der Waals surface area (Å²) < 4.78 is 1.61. The number of aliphatic carboxylic acids is 1. The Balaban J connectivity index is 2.66. The van der Waals surface area contributed by atoms with Gasteiger partial charge >= 0.3 is 11.7 Å². The van der Waals surface area contributed by atoms with E-state index in [0.29, 0.717) is 10.2 Å². The van der Waals surface area contributed by atoms with Crippen LogP contribution < -0.4 is 11.2 Å². The number of H-pyrrole nitrogens is 1. The smallest absolute Gasteiger partial charge is 0.333 e. The Morgan fingerprint density at radius 2 is 2.11 bits per heavy atom. The average Bonchev–Trinajstić information content (AvgIpc) is 2.33. The van der Waals surface area contributed by atoms with Crippen molar-refractivity contribution in [2.75, 3.05) is 0 Å². The van der Waals surface area contributed by atoms with Crippen LogP contribution in [0.4, 0.5) is 0 Å². The van der Waals surface area contributed by atoms with Gasteiger partial charge in [0.2, 0.25) is 0 Å². The van der Waals surface area contributed by atoms with Crippen LogP contribution in [-0.2, 0) is 11.2 Å². The number of carbonyl (C=O) groups is 1. The summed E-state index contributed by atoms with van der Waals surface area (Å²) in [5.41, 5.74) is -0.860. The van der Waals surface area contributed by atoms with E-state index in [0.717, 1.165) is 10.8 Å². The first kappa shape index (κ1) is 13.3. The van der Waals surface area contributed by atoms with Crippen molar-refractivity contribution in [3.05, 3.63) is 61.3 Å². The van der Waals surface area contributed by atoms with Crippen molar-refractivity contribution in [2.24, 2.45) is 0 Å². The van der Waals surface area contributed by atoms with Crippen LogP contribution in [0.25, 0.3) is 5.69 Å². The van der Waals surface area contributed by atoms with Gasteiger partial charge in [0.15, 0.2) is 0 Å². The molecule has 2 aromatic rings. The van der Waals surface area contributed by atoms with Gasteiger partial charge in [-0.2, -0.15) is 0 Å². The zero-order chi connectivity index (χ0) is 14.0. The van der Waals surface area contributed by atoms with E-state index in [1.54, 1.807) is 24.3 Å². The summed E-state index contributed by atoms with van der Waals surface area (Å²) in [5.74, 6) is -1.13. The Morgan fingerprint density at radius 3 is 2.74 bits per heavy atom. The van der Waals surface area contributed by atoms with Gasteiger partial charge in [0.05, 0.1) is 12.1 Å². The Morgan fingerprint density at radius 1 is 1.37 bits per heavy atom. The first-order valence-corrected chi connectivity index (χ1v) is 6.09. The van der Waals surface area contributed by atoms with Crippen LogP contribution in [0.3, 0.4) is 0 Å². The van der Waals surface area contributed by atoms with Gasteiger partial charge in [0.1, 0.15) is 0 Å². The van der Waals surface area contributed by atoms with Crippen molar-refractivity contribution in [3.63, 3.8) is 0 Å². The van der Waals surface area contributed by atoms with Crippen LogP contribution >= 0.6 is 15.9 Å². The van der Waals surface area contributed by atoms with Gasteiger partial charge in [-0.05, 0) is 18.2 Å². The second-order valence-electron chi connectivity index (χ2n) is 3.81. The number of carboxylic acids is 1. The molecule has 7 heteroatoms. The molecular weight excluding hydrogens is 316 g/mol. The maximum Gasteiger partial charge on any atom is 0.333 e. The lowest BCUT2D eigenvalue weighted by molar-refractivity contribution is -0.136. The normalized spacial score (nSPS) is 10.4. The van der Waals surface area contributed by atoms with Crippen LogP contribution in [-0.4, -0.2) is 20.6 Å². The molecule has 0 fully saturated rings. The number of carboxylic acid groups (broad SMARTS) is 1. The molecule has 6 nitrogen and oxygen atoms in total. The van der Waals surface area contributed by atoms with Crippen LogP contribution in [0.2, 0.25) is 0 Å². The van der Waals surface area contributed by atoms with E-state index < -0.39 is 23.6 Å². The second-order valence-corrected chi connectivity index (χ2v) is 4.73. The highest BCUT2D eigenvalue weighted by Gasteiger charge is 2.12. The van der Waals surface area contributed by atoms with Gasteiger partial charge in [0.25, 0.3) is 5.56 Å². The van der Waals surface area contributed by atoms with Crippen molar-refractivity contribution in [3.8, 4) is 5.69 Å². The first-order chi connectivity index (χ1) is 8.99. The fourth-order valence-electron chi connectivity index (χ4n) is 1.65. The maximum atomic E-state index is 12.1. The van der Waals surface area contributed by atoms with Gasteiger partial charge in [0, 0.05) is 16.2 Å². The molecule has 98 valence electrons. The van der Waals surface area contributed by atoms with E-state index in [1.807, 2.05) is 0 Å². The zero-order valence-corrected chi connectivity index (χ0v) is 11.2. The molecule has 0 atom stereocenters. The third-order valence-electron chi connectivity index (χ3n) is 2.46. The molecule has 0 radical (unpaired) electrons. The van der Waals surface area contributed by atoms with Gasteiger partial charge in [-0.15, -0.1) is 0 Å². The molecule has 0 aliphatic carbocycles. The van der Waals surface area contributed by atoms with Crippen molar-refractivity contribution < 1.29 is 9.90 Å². The van der Waals surface area contributed by atoms with Crippen LogP contribution in [0, 0.1) is 0 Å². The number of hydrogen-bond acceptors (Lipinski definition) is 3. The Kier molecular flexibility index (Phi) is 3.66. The van der Waals surface area contributed by atoms with Crippen LogP contribution in [0.15, 0.2) is 44.5 Å². The Bertz CT molecular complexity index is 748. The van der Waals surface area contributed by atoms with Gasteiger partial charge < -0.3 is 10.1 Å². The number of nitrogens with one attached hydrogen (secondary N) is 1. The van der Waals surface area contributed by atoms with Crippen LogP contribution in [0.5, 0.6) is 0 Å². The molecule has 1 aromatic carbocycles. The molecule has 0 spiro atoms. The molecule has 0 amide bonds. The molecule has 0 bridgehead atoms. The summed E-state index contributed by atoms with van der Waals surface area (Å²) in [5, 5.41) is 8.72. The summed E-state index contributed by atoms with van der Waals surface area (Å²) >= 11 is 3.25. The fourth-order valence-corrected chi connectivity index (χ4v) is 2.04. The predicted octanol–water partition coefficient (Wildman–Crippen LogP) is 0.915. The lowest BCUT2D eigenvalue weighted by Crippen LogP contribution is -2.36. The lowest BCUT2D eigenvalue weighted by atomic mass is 10.2. The summed E-state index contributed by atoms with van der Waals surface area (Å²) in [6.07, 6.45) is 0.691. The fraction of sp³-hybridized carbons (Fsp3) is 0.0833. The van der Waals surface area contributed by atoms with Crippen LogP contribution in [0.1, 0.15) is 5.56 Å². The quantitative estimate of drug-likeness (QED) is 0.878. The number of halogens is 1. The standard InChI is InChI=1S/C12H9BrN2O4/c13-8-2-1-3-9(5-8)15-11(18)7(4-10(16)17)6-14-12(15)19/h1-3,5-6H,4H2,(H,14,19)(H,16,17). The summed E-state index contributed by atoms with van der Waals surface area (Å²) in [6, 6.07) is 6.62. The molecule has 0 aliphatic rings. The highest BCUT2D eigenvalue weighted by atomic mass is 79.9. The molecule has 2 rings (SSSR count). The highest BCUT2D eigenvalue weighted by molar-refractivity contribution is 9.10. The maximum absolute atomic E-state index is 12.1. The van der Waals surface area contributed by atoms with Gasteiger partial charge in [-0.3, -0.25) is 9.59 Å². The third kappa shape index (κ3) is 2.82. The monoisotopic (exact) mass is 324 g/mol. The first-order valence-electron chi connectivity index (χ1n) is 5.30. The molecule has 0 unspecified atom stereocenters. The zero-order valence-electron chi connectivity index (χ0n) is 9.59. The van der Waals surface area contributed by atoms with Gasteiger partial charge in [-0.25, -0.2) is 9.36 Å². The Labute approximate surface area is 115 Å². The van der Waals surface area contributed by atoms with E-state index in [1.165, 1.54) is 0 Å². The second kappa shape index (κ2) is 5.23. The Hall–Kier alpha value is -2.15. The topological polar surface area (TPSA) is 92.2 Å². The molecule has 0 saturated heterocycles. The van der Waals surface area contributed by atoms with Crippen molar-refractivity contribution >= 4 is 21.9 Å². The summed E-state index contributed by atoms with van der Waals surface area (Å²) in [6.45, 7) is 0. The van der Waals surface area contributed by atoms with Crippen molar-refractivity contribution in [2.45, 2.75) is 6.42 Å². The SMILES string of the molecule is O=C(O)Cc1c[nH]c(=O)n(-c2cccc(Br)c2)c1=O. The van der Waals surface area contributed by atoms with Crippen molar-refractivity contribution in [1.29, 1.82) is 0 Å². The van der Waals surface area contributed by atoms with E-state index in [2.05, 4.69) is 20.9 Å². The van der Waals surface area contributed by atoms with E-state index in [-0.39, 0.29) is 5.56 Å². The molecule has 2 N–H and O–H groups in total.